The van der Waals surface area contributed by atoms with Crippen molar-refractivity contribution in [3.63, 3.8) is 0 Å². The SMILES string of the molecule is COC(=O)c1ccccc1C(=O)N1CCN(c2cc(C(F)(F)F)ncn2)CC1. The fraction of sp³-hybridized carbons (Fsp3) is 0.333. The van der Waals surface area contributed by atoms with Crippen LogP contribution in [0.3, 0.4) is 0 Å². The molecule has 0 bridgehead atoms. The van der Waals surface area contributed by atoms with E-state index in [1.165, 1.54) is 13.2 Å². The predicted molar refractivity (Wildman–Crippen MR) is 92.9 cm³/mol. The second-order valence-corrected chi connectivity index (χ2v) is 6.08. The first-order valence-electron chi connectivity index (χ1n) is 8.42. The first-order valence-corrected chi connectivity index (χ1v) is 8.42. The number of benzene rings is 1. The summed E-state index contributed by atoms with van der Waals surface area (Å²) >= 11 is 0. The molecule has 0 aliphatic carbocycles. The molecule has 2 heterocycles. The highest BCUT2D eigenvalue weighted by molar-refractivity contribution is 6.05. The van der Waals surface area contributed by atoms with Gasteiger partial charge in [0.1, 0.15) is 17.8 Å². The van der Waals surface area contributed by atoms with Crippen molar-refractivity contribution in [2.24, 2.45) is 0 Å². The van der Waals surface area contributed by atoms with Crippen molar-refractivity contribution in [1.29, 1.82) is 0 Å². The number of hydrogen-bond acceptors (Lipinski definition) is 6. The molecule has 0 unspecified atom stereocenters. The molecule has 1 aliphatic rings. The van der Waals surface area contributed by atoms with Crippen molar-refractivity contribution in [1.82, 2.24) is 14.9 Å². The first kappa shape index (κ1) is 19.6. The van der Waals surface area contributed by atoms with E-state index >= 15 is 0 Å². The van der Waals surface area contributed by atoms with Crippen LogP contribution in [-0.4, -0.2) is 60.0 Å². The monoisotopic (exact) mass is 394 g/mol. The van der Waals surface area contributed by atoms with E-state index in [0.717, 1.165) is 12.4 Å². The molecule has 148 valence electrons. The minimum atomic E-state index is -4.55. The molecule has 0 N–H and O–H groups in total. The van der Waals surface area contributed by atoms with E-state index in [2.05, 4.69) is 9.97 Å². The van der Waals surface area contributed by atoms with Crippen molar-refractivity contribution in [3.05, 3.63) is 53.5 Å². The van der Waals surface area contributed by atoms with Gasteiger partial charge in [-0.1, -0.05) is 12.1 Å². The van der Waals surface area contributed by atoms with Crippen LogP contribution >= 0.6 is 0 Å². The normalized spacial score (nSPS) is 14.7. The van der Waals surface area contributed by atoms with E-state index in [1.807, 2.05) is 0 Å². The number of anilines is 1. The minimum Gasteiger partial charge on any atom is -0.465 e. The second-order valence-electron chi connectivity index (χ2n) is 6.08. The van der Waals surface area contributed by atoms with E-state index in [-0.39, 0.29) is 35.9 Å². The lowest BCUT2D eigenvalue weighted by Gasteiger charge is -2.35. The third-order valence-electron chi connectivity index (χ3n) is 4.40. The number of rotatable bonds is 3. The van der Waals surface area contributed by atoms with Gasteiger partial charge in [0.15, 0.2) is 0 Å². The maximum Gasteiger partial charge on any atom is 0.433 e. The molecule has 3 rings (SSSR count). The number of carbonyl (C=O) groups excluding carboxylic acids is 2. The number of alkyl halides is 3. The molecule has 1 aromatic carbocycles. The number of amides is 1. The summed E-state index contributed by atoms with van der Waals surface area (Å²) in [5.41, 5.74) is -0.616. The molecule has 1 aromatic heterocycles. The van der Waals surface area contributed by atoms with Gasteiger partial charge in [0.25, 0.3) is 5.91 Å². The molecule has 0 saturated carbocycles. The highest BCUT2D eigenvalue weighted by Crippen LogP contribution is 2.29. The summed E-state index contributed by atoms with van der Waals surface area (Å²) in [4.78, 5) is 35.0. The standard InChI is InChI=1S/C18H17F3N4O3/c1-28-17(27)13-5-3-2-4-12(13)16(26)25-8-6-24(7-9-25)15-10-14(18(19,20)21)22-11-23-15/h2-5,10-11H,6-9H2,1H3. The third kappa shape index (κ3) is 4.05. The molecular weight excluding hydrogens is 377 g/mol. The second kappa shape index (κ2) is 7.83. The van der Waals surface area contributed by atoms with E-state index in [0.29, 0.717) is 13.1 Å². The molecule has 10 heteroatoms. The van der Waals surface area contributed by atoms with Crippen LogP contribution < -0.4 is 4.90 Å². The van der Waals surface area contributed by atoms with Crippen LogP contribution in [0.15, 0.2) is 36.7 Å². The Balaban J connectivity index is 1.71. The summed E-state index contributed by atoms with van der Waals surface area (Å²) in [5, 5.41) is 0. The van der Waals surface area contributed by atoms with Crippen LogP contribution in [0.2, 0.25) is 0 Å². The lowest BCUT2D eigenvalue weighted by atomic mass is 10.1. The zero-order chi connectivity index (χ0) is 20.3. The Morgan fingerprint density at radius 2 is 1.68 bits per heavy atom. The minimum absolute atomic E-state index is 0.157. The zero-order valence-corrected chi connectivity index (χ0v) is 14.9. The van der Waals surface area contributed by atoms with Crippen molar-refractivity contribution in [2.75, 3.05) is 38.2 Å². The number of carbonyl (C=O) groups is 2. The van der Waals surface area contributed by atoms with Crippen molar-refractivity contribution >= 4 is 17.7 Å². The summed E-state index contributed by atoms with van der Waals surface area (Å²) in [6.07, 6.45) is -3.67. The molecule has 0 spiro atoms. The maximum absolute atomic E-state index is 12.8. The summed E-state index contributed by atoms with van der Waals surface area (Å²) in [7, 11) is 1.24. The Hall–Kier alpha value is -3.17. The number of ether oxygens (including phenoxy) is 1. The molecule has 2 aromatic rings. The Bertz CT molecular complexity index is 880. The van der Waals surface area contributed by atoms with Crippen molar-refractivity contribution in [2.45, 2.75) is 6.18 Å². The van der Waals surface area contributed by atoms with Gasteiger partial charge in [-0.3, -0.25) is 4.79 Å². The largest absolute Gasteiger partial charge is 0.465 e. The van der Waals surface area contributed by atoms with Gasteiger partial charge in [-0.2, -0.15) is 13.2 Å². The van der Waals surface area contributed by atoms with Gasteiger partial charge < -0.3 is 14.5 Å². The predicted octanol–water partition coefficient (Wildman–Crippen LogP) is 2.24. The summed E-state index contributed by atoms with van der Waals surface area (Å²) < 4.78 is 43.2. The van der Waals surface area contributed by atoms with Crippen LogP contribution in [0.4, 0.5) is 19.0 Å². The number of nitrogens with zero attached hydrogens (tertiary/aromatic N) is 4. The van der Waals surface area contributed by atoms with Gasteiger partial charge >= 0.3 is 12.1 Å². The first-order chi connectivity index (χ1) is 13.3. The molecule has 1 saturated heterocycles. The molecule has 1 amide bonds. The maximum atomic E-state index is 12.8. The third-order valence-corrected chi connectivity index (χ3v) is 4.40. The topological polar surface area (TPSA) is 75.6 Å². The number of aromatic nitrogens is 2. The van der Waals surface area contributed by atoms with Crippen LogP contribution in [0.1, 0.15) is 26.4 Å². The summed E-state index contributed by atoms with van der Waals surface area (Å²) in [5.74, 6) is -0.785. The van der Waals surface area contributed by atoms with Gasteiger partial charge in [-0.25, -0.2) is 14.8 Å². The lowest BCUT2D eigenvalue weighted by molar-refractivity contribution is -0.141. The van der Waals surface area contributed by atoms with Crippen LogP contribution in [0.5, 0.6) is 0 Å². The highest BCUT2D eigenvalue weighted by atomic mass is 19.4. The number of methoxy groups -OCH3 is 1. The zero-order valence-electron chi connectivity index (χ0n) is 14.9. The van der Waals surface area contributed by atoms with Gasteiger partial charge in [0, 0.05) is 32.2 Å². The number of hydrogen-bond donors (Lipinski definition) is 0. The van der Waals surface area contributed by atoms with E-state index in [9.17, 15) is 22.8 Å². The fourth-order valence-electron chi connectivity index (χ4n) is 2.94. The Kier molecular flexibility index (Phi) is 5.48. The molecule has 1 fully saturated rings. The van der Waals surface area contributed by atoms with Gasteiger partial charge in [-0.15, -0.1) is 0 Å². The molecule has 0 atom stereocenters. The average Bonchev–Trinajstić information content (AvgIpc) is 2.72. The van der Waals surface area contributed by atoms with E-state index < -0.39 is 17.8 Å². The van der Waals surface area contributed by atoms with Crippen molar-refractivity contribution < 1.29 is 27.5 Å². The highest BCUT2D eigenvalue weighted by Gasteiger charge is 2.34. The fourth-order valence-corrected chi connectivity index (χ4v) is 2.94. The molecule has 28 heavy (non-hydrogen) atoms. The van der Waals surface area contributed by atoms with E-state index in [4.69, 9.17) is 4.74 Å². The van der Waals surface area contributed by atoms with Crippen LogP contribution in [-0.2, 0) is 10.9 Å². The lowest BCUT2D eigenvalue weighted by Crippen LogP contribution is -2.49. The Labute approximate surface area is 158 Å². The summed E-state index contributed by atoms with van der Waals surface area (Å²) in [6, 6.07) is 7.23. The summed E-state index contributed by atoms with van der Waals surface area (Å²) in [6.45, 7) is 1.17. The van der Waals surface area contributed by atoms with Gasteiger partial charge in [-0.05, 0) is 12.1 Å². The van der Waals surface area contributed by atoms with Gasteiger partial charge in [0.2, 0.25) is 0 Å². The smallest absolute Gasteiger partial charge is 0.433 e. The molecule has 1 aliphatic heterocycles. The average molecular weight is 394 g/mol. The number of halogens is 3. The van der Waals surface area contributed by atoms with Gasteiger partial charge in [0.05, 0.1) is 18.2 Å². The molecule has 7 nitrogen and oxygen atoms in total. The number of piperazine rings is 1. The van der Waals surface area contributed by atoms with Crippen molar-refractivity contribution in [3.8, 4) is 0 Å². The van der Waals surface area contributed by atoms with E-state index in [1.54, 1.807) is 28.0 Å². The van der Waals surface area contributed by atoms with Crippen LogP contribution in [0.25, 0.3) is 0 Å². The number of esters is 1. The molecular formula is C18H17F3N4O3. The Morgan fingerprint density at radius 3 is 2.29 bits per heavy atom. The Morgan fingerprint density at radius 1 is 1.04 bits per heavy atom. The molecule has 0 radical (unpaired) electrons. The quantitative estimate of drug-likeness (QED) is 0.744. The van der Waals surface area contributed by atoms with Crippen LogP contribution in [0, 0.1) is 0 Å².